The van der Waals surface area contributed by atoms with Crippen molar-refractivity contribution < 1.29 is 199 Å². The lowest BCUT2D eigenvalue weighted by Gasteiger charge is -2.42. The second kappa shape index (κ2) is 70.3. The van der Waals surface area contributed by atoms with Crippen LogP contribution in [-0.2, 0) is 119 Å². The monoisotopic (exact) mass is 2130 g/mol. The molecule has 5 rings (SSSR count). The third kappa shape index (κ3) is 49.2. The summed E-state index contributed by atoms with van der Waals surface area (Å²) in [6.07, 6.45) is -17.2. The Morgan fingerprint density at radius 2 is 0.571 bits per heavy atom. The highest BCUT2D eigenvalue weighted by Gasteiger charge is 2.50. The van der Waals surface area contributed by atoms with Gasteiger partial charge in [-0.05, 0) is 102 Å². The van der Waals surface area contributed by atoms with E-state index in [9.17, 15) is 143 Å². The summed E-state index contributed by atoms with van der Waals surface area (Å²) in [4.78, 5) is 210. The van der Waals surface area contributed by atoms with Crippen LogP contribution in [0.15, 0.2) is 18.2 Å². The van der Waals surface area contributed by atoms with Crippen LogP contribution in [0.25, 0.3) is 0 Å². The second-order valence-electron chi connectivity index (χ2n) is 35.2. The Bertz CT molecular complexity index is 3860. The highest BCUT2D eigenvalue weighted by Crippen LogP contribution is 2.37. The Hall–Kier alpha value is -9.82. The Balaban J connectivity index is 1.28. The van der Waals surface area contributed by atoms with Gasteiger partial charge in [0.25, 0.3) is 25.5 Å². The minimum Gasteiger partial charge on any atom is -0.756 e. The van der Waals surface area contributed by atoms with Crippen molar-refractivity contribution >= 4 is 96.4 Å². The number of rotatable bonds is 72. The fraction of sp³-hybridized carbons (Fsp3) is 0.767. The Labute approximate surface area is 849 Å². The van der Waals surface area contributed by atoms with Crippen LogP contribution in [0.1, 0.15) is 166 Å². The summed E-state index contributed by atoms with van der Waals surface area (Å²) in [5, 5.41) is 156. The first-order valence-electron chi connectivity index (χ1n) is 49.1. The molecule has 838 valence electrons. The zero-order chi connectivity index (χ0) is 109. The molecule has 4 aliphatic heterocycles. The predicted molar refractivity (Wildman–Crippen MR) is 505 cm³/mol. The van der Waals surface area contributed by atoms with Gasteiger partial charge >= 0.3 is 0 Å². The summed E-state index contributed by atoms with van der Waals surface area (Å²) in [6.45, 7) is -2.96. The third-order valence-electron chi connectivity index (χ3n) is 23.1. The molecule has 0 radical (unpaired) electrons. The molecule has 56 nitrogen and oxygen atoms in total. The van der Waals surface area contributed by atoms with E-state index in [1.807, 2.05) is 0 Å². The number of phosphoric acid groups is 1. The van der Waals surface area contributed by atoms with E-state index in [2.05, 4.69) is 73.6 Å². The van der Waals surface area contributed by atoms with Crippen LogP contribution in [0.4, 0.5) is 0 Å². The van der Waals surface area contributed by atoms with Gasteiger partial charge in [0.1, 0.15) is 135 Å². The fourth-order valence-electron chi connectivity index (χ4n) is 15.2. The SMILES string of the molecule is COP(=O)([O-])OCCCCCCNC(=O)c1cc(OCC(=O)N(CC(=O)NCCCNC(=O)CCCCOC2OC(CO)C(O)C(O)C2NC(C)=O)CC(=O)NCCCNC(=O)CCCCOC2OC(CO)C(O)C(O)C2NC(C)=O)cc(OCC(=O)N(CC(=O)NCCCNC(=O)CCCCOC2OC(CO)C(O)C(O)C2NC(C)=O)CC(=O)NCCCNC(=O)CCCCOC2OC(CO)C(O)C(O)C2NC(C)=O)c1. The standard InChI is InChI=1S/C90H152N15O41P/c1-53(110)100-74-82(128)78(124)60(47-106)143-87(74)136-35-14-8-22-64(114)91-27-18-31-95-68(118)43-104(44-69(119)96-32-19-28-92-65(115)23-9-15-36-137-88-75(101-54(2)111)83(129)79(125)61(48-107)144-88)72(122)51-140-58-40-57(86(132)99-26-12-6-7-13-39-142-147(133,134)135-5)41-59(42-58)141-52-73(123)105(45-70(120)97-33-20-29-93-66(116)24-10-16-37-138-89-76(102-55(3)112)84(130)80(126)62(49-108)145-89)46-71(121)98-34-21-30-94-67(117)25-11-17-38-139-90-77(103-56(4)113)85(131)81(127)63(50-109)146-90/h40-42,60-63,74-85,87-90,106-109,124-131H,6-39,43-52H2,1-5H3,(H,91,114)(H,92,115)(H,93,116)(H,94,117)(H,95,118)(H,96,119)(H,97,120)(H,98,121)(H,99,132)(H,100,110)(H,101,111)(H,102,112)(H,103,113)(H,133,134)/p-1. The normalized spacial score (nSPS) is 24.1. The summed E-state index contributed by atoms with van der Waals surface area (Å²) in [5.74, 6) is -10.1. The van der Waals surface area contributed by atoms with E-state index in [0.717, 1.165) is 16.9 Å². The van der Waals surface area contributed by atoms with Gasteiger partial charge in [-0.3, -0.25) is 76.5 Å². The van der Waals surface area contributed by atoms with Crippen molar-refractivity contribution in [3.63, 3.8) is 0 Å². The van der Waals surface area contributed by atoms with Gasteiger partial charge in [-0.25, -0.2) is 0 Å². The number of benzene rings is 1. The van der Waals surface area contributed by atoms with E-state index in [1.54, 1.807) is 0 Å². The van der Waals surface area contributed by atoms with Crippen LogP contribution in [0.3, 0.4) is 0 Å². The zero-order valence-corrected chi connectivity index (χ0v) is 84.3. The first kappa shape index (κ1) is 128. The molecule has 4 aliphatic rings. The third-order valence-corrected chi connectivity index (χ3v) is 24.0. The summed E-state index contributed by atoms with van der Waals surface area (Å²) in [7, 11) is -3.53. The number of ether oxygens (including phenoxy) is 10. The van der Waals surface area contributed by atoms with Gasteiger partial charge in [0.05, 0.1) is 33.0 Å². The van der Waals surface area contributed by atoms with Gasteiger partial charge in [0, 0.05) is 157 Å². The first-order chi connectivity index (χ1) is 70.1. The van der Waals surface area contributed by atoms with Gasteiger partial charge in [0.15, 0.2) is 38.4 Å². The highest BCUT2D eigenvalue weighted by atomic mass is 31.2. The number of hydrogen-bond donors (Lipinski definition) is 25. The molecule has 4 saturated heterocycles. The van der Waals surface area contributed by atoms with Crippen molar-refractivity contribution in [2.45, 2.75) is 279 Å². The first-order valence-corrected chi connectivity index (χ1v) is 50.5. The number of aliphatic hydroxyl groups excluding tert-OH is 12. The largest absolute Gasteiger partial charge is 0.756 e. The van der Waals surface area contributed by atoms with Gasteiger partial charge in [-0.2, -0.15) is 0 Å². The summed E-state index contributed by atoms with van der Waals surface area (Å²) >= 11 is 0. The molecule has 25 N–H and O–H groups in total. The van der Waals surface area contributed by atoms with Crippen LogP contribution >= 0.6 is 7.82 Å². The van der Waals surface area contributed by atoms with Crippen molar-refractivity contribution in [1.82, 2.24) is 78.9 Å². The molecule has 0 saturated carbocycles. The van der Waals surface area contributed by atoms with Gasteiger partial charge in [-0.1, -0.05) is 12.8 Å². The molecule has 21 unspecified atom stereocenters. The quantitative estimate of drug-likeness (QED) is 0.0213. The van der Waals surface area contributed by atoms with E-state index in [-0.39, 0.29) is 184 Å². The number of hydrogen-bond acceptors (Lipinski definition) is 41. The number of amides is 15. The molecule has 1 aromatic carbocycles. The summed E-state index contributed by atoms with van der Waals surface area (Å²) in [5.41, 5.74) is -0.184. The summed E-state index contributed by atoms with van der Waals surface area (Å²) < 4.78 is 77.9. The van der Waals surface area contributed by atoms with Gasteiger partial charge < -0.3 is 202 Å². The molecule has 1 aromatic rings. The maximum absolute atomic E-state index is 14.4. The smallest absolute Gasteiger partial charge is 0.267 e. The van der Waals surface area contributed by atoms with Crippen LogP contribution < -0.4 is 83.5 Å². The molecule has 21 atom stereocenters. The second-order valence-corrected chi connectivity index (χ2v) is 36.7. The van der Waals surface area contributed by atoms with Crippen molar-refractivity contribution in [3.05, 3.63) is 23.8 Å². The lowest BCUT2D eigenvalue weighted by atomic mass is 9.97. The van der Waals surface area contributed by atoms with Gasteiger partial charge in [0.2, 0.25) is 70.9 Å². The molecule has 0 bridgehead atoms. The zero-order valence-electron chi connectivity index (χ0n) is 83.4. The molecule has 57 heteroatoms. The molecular formula is C90H151N15O41P-. The van der Waals surface area contributed by atoms with E-state index in [1.165, 1.54) is 45.9 Å². The summed E-state index contributed by atoms with van der Waals surface area (Å²) in [6, 6.07) is -1.12. The van der Waals surface area contributed by atoms with Crippen LogP contribution in [0, 0.1) is 0 Å². The maximum Gasteiger partial charge on any atom is 0.267 e. The van der Waals surface area contributed by atoms with Crippen LogP contribution in [-0.4, -0.2) is 447 Å². The number of unbranched alkanes of at least 4 members (excludes halogenated alkanes) is 7. The van der Waals surface area contributed by atoms with Crippen molar-refractivity contribution in [1.29, 1.82) is 0 Å². The number of aliphatic hydroxyl groups is 12. The molecule has 15 amide bonds. The van der Waals surface area contributed by atoms with Crippen molar-refractivity contribution in [2.75, 3.05) is 165 Å². The fourth-order valence-corrected chi connectivity index (χ4v) is 15.6. The lowest BCUT2D eigenvalue weighted by molar-refractivity contribution is -0.270. The molecular weight excluding hydrogens is 1980 g/mol. The highest BCUT2D eigenvalue weighted by molar-refractivity contribution is 7.45. The molecule has 0 aliphatic carbocycles. The number of nitrogens with one attached hydrogen (secondary N) is 13. The lowest BCUT2D eigenvalue weighted by Crippen LogP contribution is -2.64. The average molecular weight is 2130 g/mol. The minimum atomic E-state index is -4.48. The molecule has 4 fully saturated rings. The topological polar surface area (TPSA) is 813 Å². The number of carbonyl (C=O) groups is 15. The van der Waals surface area contributed by atoms with E-state index in [4.69, 9.17) is 51.9 Å². The Kier molecular flexibility index (Phi) is 61.0. The Morgan fingerprint density at radius 1 is 0.327 bits per heavy atom. The Morgan fingerprint density at radius 3 is 0.823 bits per heavy atom. The number of carbonyl (C=O) groups excluding carboxylic acids is 15. The van der Waals surface area contributed by atoms with Crippen molar-refractivity contribution in [3.8, 4) is 11.5 Å². The minimum absolute atomic E-state index is 0.0107. The van der Waals surface area contributed by atoms with Crippen LogP contribution in [0.2, 0.25) is 0 Å². The molecule has 4 heterocycles. The van der Waals surface area contributed by atoms with Gasteiger partial charge in [-0.15, -0.1) is 0 Å². The molecule has 0 spiro atoms. The van der Waals surface area contributed by atoms with E-state index in [0.29, 0.717) is 77.0 Å². The van der Waals surface area contributed by atoms with E-state index >= 15 is 0 Å². The number of nitrogens with zero attached hydrogens (tertiary/aromatic N) is 2. The number of phosphoric ester groups is 1. The predicted octanol–water partition coefficient (Wildman–Crippen LogP) is -10.5. The van der Waals surface area contributed by atoms with Crippen molar-refractivity contribution in [2.24, 2.45) is 0 Å². The van der Waals surface area contributed by atoms with Crippen LogP contribution in [0.5, 0.6) is 11.5 Å². The van der Waals surface area contributed by atoms with E-state index < -0.39 is 261 Å². The molecule has 0 aromatic heterocycles. The maximum atomic E-state index is 14.4. The average Bonchev–Trinajstić information content (AvgIpc) is 0.817. The molecule has 147 heavy (non-hydrogen) atoms.